The number of benzene rings is 2. The van der Waals surface area contributed by atoms with E-state index in [4.69, 9.17) is 4.74 Å². The number of nitrogens with one attached hydrogen (secondary N) is 1. The third kappa shape index (κ3) is 9.35. The van der Waals surface area contributed by atoms with Gasteiger partial charge in [-0.2, -0.15) is 0 Å². The highest BCUT2D eigenvalue weighted by molar-refractivity contribution is 7.92. The van der Waals surface area contributed by atoms with Gasteiger partial charge in [-0.15, -0.1) is 0 Å². The fourth-order valence-corrected chi connectivity index (χ4v) is 4.68. The second-order valence-electron chi connectivity index (χ2n) is 9.01. The van der Waals surface area contributed by atoms with Gasteiger partial charge in [-0.3, -0.25) is 13.9 Å². The van der Waals surface area contributed by atoms with Crippen molar-refractivity contribution < 1.29 is 27.1 Å². The Labute approximate surface area is 219 Å². The summed E-state index contributed by atoms with van der Waals surface area (Å²) in [7, 11) is -3.59. The summed E-state index contributed by atoms with van der Waals surface area (Å²) in [6, 6.07) is 11.7. The molecule has 2 atom stereocenters. The minimum absolute atomic E-state index is 0.0329. The number of halogens is 1. The first-order valence-corrected chi connectivity index (χ1v) is 14.4. The Bertz CT molecular complexity index is 1120. The van der Waals surface area contributed by atoms with Gasteiger partial charge in [-0.1, -0.05) is 19.1 Å². The minimum atomic E-state index is -3.59. The molecule has 0 aromatic heterocycles. The first kappa shape index (κ1) is 30.1. The van der Waals surface area contributed by atoms with E-state index in [9.17, 15) is 22.4 Å². The van der Waals surface area contributed by atoms with E-state index in [0.717, 1.165) is 12.7 Å². The molecule has 8 nitrogen and oxygen atoms in total. The van der Waals surface area contributed by atoms with E-state index in [1.807, 2.05) is 20.8 Å². The Morgan fingerprint density at radius 3 is 2.19 bits per heavy atom. The molecule has 37 heavy (non-hydrogen) atoms. The second-order valence-corrected chi connectivity index (χ2v) is 10.9. The van der Waals surface area contributed by atoms with Crippen LogP contribution in [0.15, 0.2) is 48.5 Å². The summed E-state index contributed by atoms with van der Waals surface area (Å²) < 4.78 is 45.0. The summed E-state index contributed by atoms with van der Waals surface area (Å²) in [4.78, 5) is 27.6. The van der Waals surface area contributed by atoms with Gasteiger partial charge in [-0.25, -0.2) is 12.8 Å². The zero-order chi connectivity index (χ0) is 27.6. The maximum absolute atomic E-state index is 13.4. The lowest BCUT2D eigenvalue weighted by Gasteiger charge is -2.30. The van der Waals surface area contributed by atoms with Crippen LogP contribution in [-0.2, 0) is 26.2 Å². The number of ether oxygens (including phenoxy) is 1. The number of amides is 2. The van der Waals surface area contributed by atoms with Crippen LogP contribution in [0.25, 0.3) is 0 Å². The third-order valence-electron chi connectivity index (χ3n) is 6.02. The summed E-state index contributed by atoms with van der Waals surface area (Å²) in [6.07, 6.45) is 2.15. The summed E-state index contributed by atoms with van der Waals surface area (Å²) in [5.74, 6) is -0.330. The van der Waals surface area contributed by atoms with Gasteiger partial charge in [0.2, 0.25) is 21.8 Å². The summed E-state index contributed by atoms with van der Waals surface area (Å²) >= 11 is 0. The first-order chi connectivity index (χ1) is 17.5. The molecule has 0 bridgehead atoms. The molecular weight excluding hydrogens is 497 g/mol. The van der Waals surface area contributed by atoms with Crippen LogP contribution in [0.4, 0.5) is 10.1 Å². The third-order valence-corrected chi connectivity index (χ3v) is 7.22. The van der Waals surface area contributed by atoms with Crippen LogP contribution in [0, 0.1) is 5.82 Å². The van der Waals surface area contributed by atoms with Crippen molar-refractivity contribution in [2.45, 2.75) is 65.6 Å². The van der Waals surface area contributed by atoms with Crippen molar-refractivity contribution in [3.8, 4) is 5.75 Å². The van der Waals surface area contributed by atoms with Gasteiger partial charge in [0.25, 0.3) is 0 Å². The van der Waals surface area contributed by atoms with E-state index >= 15 is 0 Å². The van der Waals surface area contributed by atoms with Gasteiger partial charge in [0.1, 0.15) is 17.6 Å². The summed E-state index contributed by atoms with van der Waals surface area (Å²) in [6.45, 7) is 8.08. The number of sulfonamides is 1. The van der Waals surface area contributed by atoms with Crippen molar-refractivity contribution >= 4 is 27.5 Å². The molecule has 0 saturated heterocycles. The van der Waals surface area contributed by atoms with Gasteiger partial charge in [-0.05, 0) is 75.6 Å². The monoisotopic (exact) mass is 535 g/mol. The number of carbonyl (C=O) groups is 2. The van der Waals surface area contributed by atoms with E-state index in [1.54, 1.807) is 43.3 Å². The lowest BCUT2D eigenvalue weighted by Crippen LogP contribution is -2.49. The van der Waals surface area contributed by atoms with Crippen LogP contribution in [-0.4, -0.2) is 56.6 Å². The normalized spacial score (nSPS) is 12.9. The number of hydrogen-bond donors (Lipinski definition) is 1. The molecule has 2 rings (SSSR count). The van der Waals surface area contributed by atoms with E-state index in [0.29, 0.717) is 23.6 Å². The van der Waals surface area contributed by atoms with Crippen molar-refractivity contribution in [1.82, 2.24) is 10.2 Å². The van der Waals surface area contributed by atoms with Gasteiger partial charge < -0.3 is 15.0 Å². The minimum Gasteiger partial charge on any atom is -0.494 e. The van der Waals surface area contributed by atoms with Crippen molar-refractivity contribution in [2.75, 3.05) is 23.7 Å². The van der Waals surface area contributed by atoms with Crippen molar-refractivity contribution in [3.63, 3.8) is 0 Å². The predicted molar refractivity (Wildman–Crippen MR) is 143 cm³/mol. The molecule has 0 radical (unpaired) electrons. The fourth-order valence-electron chi connectivity index (χ4n) is 3.71. The SMILES string of the molecule is CCOc1ccc(N(CCCC(=O)N(Cc2ccc(F)cc2)[C@H](C)C(=O)N[C@H](C)CC)S(C)(=O)=O)cc1. The molecule has 0 unspecified atom stereocenters. The lowest BCUT2D eigenvalue weighted by atomic mass is 10.1. The lowest BCUT2D eigenvalue weighted by molar-refractivity contribution is -0.140. The Hall–Kier alpha value is -3.14. The molecule has 0 spiro atoms. The fraction of sp³-hybridized carbons (Fsp3) is 0.481. The largest absolute Gasteiger partial charge is 0.494 e. The second kappa shape index (κ2) is 14.0. The molecule has 0 fully saturated rings. The van der Waals surface area contributed by atoms with Crippen LogP contribution in [0.2, 0.25) is 0 Å². The highest BCUT2D eigenvalue weighted by atomic mass is 32.2. The Balaban J connectivity index is 2.15. The summed E-state index contributed by atoms with van der Waals surface area (Å²) in [5, 5.41) is 2.90. The Kier molecular flexibility index (Phi) is 11.4. The Morgan fingerprint density at radius 2 is 1.65 bits per heavy atom. The number of carbonyl (C=O) groups excluding carboxylic acids is 2. The van der Waals surface area contributed by atoms with Gasteiger partial charge in [0.15, 0.2) is 0 Å². The number of rotatable bonds is 14. The molecule has 0 aliphatic rings. The molecule has 0 aliphatic heterocycles. The molecule has 0 saturated carbocycles. The van der Waals surface area contributed by atoms with Crippen LogP contribution < -0.4 is 14.4 Å². The van der Waals surface area contributed by atoms with Gasteiger partial charge >= 0.3 is 0 Å². The van der Waals surface area contributed by atoms with Crippen LogP contribution >= 0.6 is 0 Å². The predicted octanol–water partition coefficient (Wildman–Crippen LogP) is 4.10. The molecule has 1 N–H and O–H groups in total. The zero-order valence-electron chi connectivity index (χ0n) is 22.2. The smallest absolute Gasteiger partial charge is 0.242 e. The van der Waals surface area contributed by atoms with Crippen molar-refractivity contribution in [2.24, 2.45) is 0 Å². The van der Waals surface area contributed by atoms with E-state index in [1.165, 1.54) is 21.3 Å². The van der Waals surface area contributed by atoms with E-state index in [-0.39, 0.29) is 49.6 Å². The molecule has 10 heteroatoms. The number of nitrogens with zero attached hydrogens (tertiary/aromatic N) is 2. The topological polar surface area (TPSA) is 96.0 Å². The molecule has 2 amide bonds. The maximum Gasteiger partial charge on any atom is 0.242 e. The van der Waals surface area contributed by atoms with E-state index in [2.05, 4.69) is 5.32 Å². The van der Waals surface area contributed by atoms with Crippen molar-refractivity contribution in [3.05, 3.63) is 59.9 Å². The highest BCUT2D eigenvalue weighted by Gasteiger charge is 2.27. The molecule has 0 aliphatic carbocycles. The molecule has 0 heterocycles. The van der Waals surface area contributed by atoms with Crippen molar-refractivity contribution in [1.29, 1.82) is 0 Å². The average Bonchev–Trinajstić information content (AvgIpc) is 2.85. The quantitative estimate of drug-likeness (QED) is 0.393. The van der Waals surface area contributed by atoms with Crippen LogP contribution in [0.5, 0.6) is 5.75 Å². The van der Waals surface area contributed by atoms with E-state index < -0.39 is 16.1 Å². The first-order valence-electron chi connectivity index (χ1n) is 12.5. The number of anilines is 1. The molecule has 2 aromatic rings. The summed E-state index contributed by atoms with van der Waals surface area (Å²) in [5.41, 5.74) is 1.16. The van der Waals surface area contributed by atoms with Gasteiger partial charge in [0.05, 0.1) is 18.6 Å². The molecule has 204 valence electrons. The molecular formula is C27H38FN3O5S. The Morgan fingerprint density at radius 1 is 1.03 bits per heavy atom. The average molecular weight is 536 g/mol. The van der Waals surface area contributed by atoms with Gasteiger partial charge in [0, 0.05) is 25.6 Å². The maximum atomic E-state index is 13.4. The van der Waals surface area contributed by atoms with Crippen LogP contribution in [0.1, 0.15) is 52.5 Å². The highest BCUT2D eigenvalue weighted by Crippen LogP contribution is 2.22. The van der Waals surface area contributed by atoms with Crippen LogP contribution in [0.3, 0.4) is 0 Å². The zero-order valence-corrected chi connectivity index (χ0v) is 23.1. The standard InChI is InChI=1S/C27H38FN3O5S/c1-6-20(3)29-27(33)21(4)30(19-22-10-12-23(28)13-11-22)26(32)9-8-18-31(37(5,34)35)24-14-16-25(17-15-24)36-7-2/h10-17,20-21H,6-9,18-19H2,1-5H3,(H,29,33)/t20-,21-/m1/s1. The number of hydrogen-bond acceptors (Lipinski definition) is 5. The molecule has 2 aromatic carbocycles.